The third-order valence-electron chi connectivity index (χ3n) is 9.08. The summed E-state index contributed by atoms with van der Waals surface area (Å²) in [5, 5.41) is 2.94. The van der Waals surface area contributed by atoms with Gasteiger partial charge in [-0.1, -0.05) is 106 Å². The Morgan fingerprint density at radius 3 is 1.69 bits per heavy atom. The van der Waals surface area contributed by atoms with Gasteiger partial charge in [-0.2, -0.15) is 0 Å². The zero-order valence-corrected chi connectivity index (χ0v) is 29.0. The van der Waals surface area contributed by atoms with E-state index in [1.54, 1.807) is 6.20 Å². The first-order valence-electron chi connectivity index (χ1n) is 15.0. The molecule has 1 unspecified atom stereocenters. The molecule has 2 aliphatic rings. The fourth-order valence-corrected chi connectivity index (χ4v) is 10.8. The Balaban J connectivity index is 0.000000231. The second-order valence-electron chi connectivity index (χ2n) is 12.4. The van der Waals surface area contributed by atoms with Gasteiger partial charge in [0.2, 0.25) is 0 Å². The Kier molecular flexibility index (Phi) is 8.12. The van der Waals surface area contributed by atoms with E-state index in [1.165, 1.54) is 0 Å². The number of fused-ring (bicyclic) bond motifs is 4. The van der Waals surface area contributed by atoms with E-state index in [4.69, 9.17) is 0 Å². The minimum atomic E-state index is -3.04. The molecule has 45 heavy (non-hydrogen) atoms. The van der Waals surface area contributed by atoms with Gasteiger partial charge in [-0.25, -0.2) is 0 Å². The van der Waals surface area contributed by atoms with Gasteiger partial charge < -0.3 is 14.5 Å². The maximum Gasteiger partial charge on any atom is 0.135 e. The molecule has 0 spiro atoms. The van der Waals surface area contributed by atoms with Crippen LogP contribution >= 0.6 is 7.14 Å². The predicted octanol–water partition coefficient (Wildman–Crippen LogP) is 8.01. The summed E-state index contributed by atoms with van der Waals surface area (Å²) in [6.45, 7) is 8.97. The smallest absolute Gasteiger partial charge is 0.135 e. The number of pyridine rings is 2. The Bertz CT molecular complexity index is 1920. The van der Waals surface area contributed by atoms with Gasteiger partial charge in [-0.05, 0) is 45.5 Å². The molecule has 0 saturated carbocycles. The van der Waals surface area contributed by atoms with E-state index in [0.717, 1.165) is 60.7 Å². The molecule has 1 radical (unpaired) electrons. The number of rotatable bonds is 2. The number of aromatic nitrogens is 2. The van der Waals surface area contributed by atoms with Crippen LogP contribution in [0, 0.1) is 12.1 Å². The minimum absolute atomic E-state index is 0. The predicted molar refractivity (Wildman–Crippen MR) is 181 cm³/mol. The Morgan fingerprint density at radius 1 is 0.600 bits per heavy atom. The second kappa shape index (κ2) is 11.8. The van der Waals surface area contributed by atoms with Crippen LogP contribution in [0.2, 0.25) is 0 Å². The van der Waals surface area contributed by atoms with Crippen LogP contribution in [0.3, 0.4) is 0 Å². The Morgan fingerprint density at radius 2 is 1.13 bits per heavy atom. The van der Waals surface area contributed by atoms with Crippen molar-refractivity contribution in [2.24, 2.45) is 0 Å². The number of benzene rings is 4. The molecule has 0 bridgehead atoms. The summed E-state index contributed by atoms with van der Waals surface area (Å²) >= 11 is 0. The van der Waals surface area contributed by atoms with Gasteiger partial charge in [0.1, 0.15) is 7.14 Å². The zero-order valence-electron chi connectivity index (χ0n) is 25.7. The number of hydrogen-bond acceptors (Lipinski definition) is 3. The van der Waals surface area contributed by atoms with Gasteiger partial charge in [-0.15, -0.1) is 64.7 Å². The fourth-order valence-electron chi connectivity index (χ4n) is 6.77. The van der Waals surface area contributed by atoms with Crippen molar-refractivity contribution < 1.29 is 24.7 Å². The first-order chi connectivity index (χ1) is 21.2. The van der Waals surface area contributed by atoms with Crippen molar-refractivity contribution in [2.45, 2.75) is 38.5 Å². The van der Waals surface area contributed by atoms with Gasteiger partial charge in [-0.3, -0.25) is 0 Å². The quantitative estimate of drug-likeness (QED) is 0.132. The van der Waals surface area contributed by atoms with E-state index in [2.05, 4.69) is 92.3 Å². The van der Waals surface area contributed by atoms with Crippen molar-refractivity contribution in [1.82, 2.24) is 9.97 Å². The molecule has 1 atom stereocenters. The normalized spacial score (nSPS) is 17.7. The van der Waals surface area contributed by atoms with Crippen molar-refractivity contribution in [2.75, 3.05) is 0 Å². The van der Waals surface area contributed by atoms with Crippen LogP contribution < -0.4 is 15.9 Å². The second-order valence-corrected chi connectivity index (χ2v) is 15.0. The first-order valence-corrected chi connectivity index (χ1v) is 16.7. The van der Waals surface area contributed by atoms with Gasteiger partial charge >= 0.3 is 0 Å². The first kappa shape index (κ1) is 31.1. The summed E-state index contributed by atoms with van der Waals surface area (Å²) in [5.41, 5.74) is 7.72. The van der Waals surface area contributed by atoms with Crippen molar-refractivity contribution >= 4 is 23.1 Å². The largest absolute Gasteiger partial charge is 0.318 e. The molecule has 8 rings (SSSR count). The maximum absolute atomic E-state index is 15.3. The molecule has 5 heteroatoms. The fraction of sp³-hybridized carbons (Fsp3) is 0.150. The van der Waals surface area contributed by atoms with E-state index in [9.17, 15) is 0 Å². The third kappa shape index (κ3) is 4.97. The molecule has 0 fully saturated rings. The van der Waals surface area contributed by atoms with E-state index >= 15 is 4.57 Å². The van der Waals surface area contributed by atoms with Crippen molar-refractivity contribution in [1.29, 1.82) is 0 Å². The zero-order chi connectivity index (χ0) is 30.5. The van der Waals surface area contributed by atoms with Crippen LogP contribution in [-0.4, -0.2) is 9.97 Å². The van der Waals surface area contributed by atoms with Gasteiger partial charge in [0.05, 0.1) is 0 Å². The van der Waals surface area contributed by atoms with E-state index < -0.39 is 7.14 Å². The molecule has 0 aliphatic carbocycles. The van der Waals surface area contributed by atoms with Crippen LogP contribution in [0.5, 0.6) is 0 Å². The standard InChI is InChI=1S/C29H25NOP.C11H8N.Ir/c1-28(2)20-11-5-7-14-25(20)32(31)26-15-8-6-12-21(26)29(3,4)23-18-19(17-22(28)27(23)32)24-13-9-10-16-30-24;1-2-6-10(7-3-1)11-8-4-5-9-12-11;/h5-17H,1-4H3;1-6,8-9H;/q2*-1;. The molecule has 0 N–H and O–H groups in total. The Hall–Kier alpha value is -3.94. The summed E-state index contributed by atoms with van der Waals surface area (Å²) in [7, 11) is -3.04. The summed E-state index contributed by atoms with van der Waals surface area (Å²) in [6, 6.07) is 45.3. The summed E-state index contributed by atoms with van der Waals surface area (Å²) < 4.78 is 15.3. The molecule has 2 aliphatic heterocycles. The number of nitrogens with zero attached hydrogens (tertiary/aromatic N) is 2. The number of hydrogen-bond donors (Lipinski definition) is 0. The molecule has 6 aromatic rings. The van der Waals surface area contributed by atoms with E-state index in [-0.39, 0.29) is 30.9 Å². The average Bonchev–Trinajstić information content (AvgIpc) is 3.08. The van der Waals surface area contributed by atoms with E-state index in [1.807, 2.05) is 79.0 Å². The molecular formula is C40H33IrN2OP-2. The molecule has 2 aromatic heterocycles. The monoisotopic (exact) mass is 781 g/mol. The van der Waals surface area contributed by atoms with Gasteiger partial charge in [0, 0.05) is 43.1 Å². The van der Waals surface area contributed by atoms with Crippen LogP contribution in [0.25, 0.3) is 22.5 Å². The molecule has 0 amide bonds. The van der Waals surface area contributed by atoms with Crippen LogP contribution in [0.4, 0.5) is 0 Å². The molecule has 0 saturated heterocycles. The molecular weight excluding hydrogens is 748 g/mol. The minimum Gasteiger partial charge on any atom is -0.318 e. The maximum atomic E-state index is 15.3. The SMILES string of the molecule is CC1(C)c2[c-]c(-c3ccccn3)cc3c2P(=O)(c2ccccc21)c1ccccc1C3(C)C.[Ir].[c-]1ccccc1-c1ccccn1. The summed E-state index contributed by atoms with van der Waals surface area (Å²) in [6.07, 6.45) is 3.61. The average molecular weight is 781 g/mol. The van der Waals surface area contributed by atoms with Crippen LogP contribution in [0.15, 0.2) is 128 Å². The van der Waals surface area contributed by atoms with Crippen molar-refractivity contribution in [3.63, 3.8) is 0 Å². The van der Waals surface area contributed by atoms with Gasteiger partial charge in [0.15, 0.2) is 0 Å². The van der Waals surface area contributed by atoms with Gasteiger partial charge in [0.25, 0.3) is 0 Å². The molecule has 225 valence electrons. The van der Waals surface area contributed by atoms with E-state index in [0.29, 0.717) is 0 Å². The van der Waals surface area contributed by atoms with Crippen molar-refractivity contribution in [3.05, 3.63) is 162 Å². The Labute approximate surface area is 279 Å². The topological polar surface area (TPSA) is 42.9 Å². The van der Waals surface area contributed by atoms with Crippen LogP contribution in [-0.2, 0) is 35.5 Å². The van der Waals surface area contributed by atoms with Crippen molar-refractivity contribution in [3.8, 4) is 22.5 Å². The molecule has 3 nitrogen and oxygen atoms in total. The van der Waals surface area contributed by atoms with Crippen LogP contribution in [0.1, 0.15) is 49.9 Å². The molecule has 4 aromatic carbocycles. The third-order valence-corrected chi connectivity index (χ3v) is 12.3. The summed E-state index contributed by atoms with van der Waals surface area (Å²) in [4.78, 5) is 8.83. The summed E-state index contributed by atoms with van der Waals surface area (Å²) in [5.74, 6) is 0. The molecule has 4 heterocycles.